The number of aromatic nitrogens is 1. The molecular formula is C20H31N3O3. The molecule has 1 atom stereocenters. The van der Waals surface area contributed by atoms with Gasteiger partial charge in [-0.25, -0.2) is 4.79 Å². The van der Waals surface area contributed by atoms with Crippen molar-refractivity contribution in [2.75, 3.05) is 19.6 Å². The van der Waals surface area contributed by atoms with Crippen molar-refractivity contribution >= 4 is 11.8 Å². The lowest BCUT2D eigenvalue weighted by Crippen LogP contribution is -2.54. The molecular weight excluding hydrogens is 330 g/mol. The zero-order chi connectivity index (χ0) is 18.7. The Labute approximate surface area is 155 Å². The first-order valence-electron chi connectivity index (χ1n) is 9.90. The summed E-state index contributed by atoms with van der Waals surface area (Å²) >= 11 is 0. The molecule has 2 fully saturated rings. The van der Waals surface area contributed by atoms with Crippen LogP contribution in [0.4, 0.5) is 4.79 Å². The van der Waals surface area contributed by atoms with Gasteiger partial charge in [-0.15, -0.1) is 0 Å². The van der Waals surface area contributed by atoms with Gasteiger partial charge >= 0.3 is 6.03 Å². The average molecular weight is 361 g/mol. The Morgan fingerprint density at radius 3 is 2.46 bits per heavy atom. The van der Waals surface area contributed by atoms with E-state index >= 15 is 0 Å². The normalized spacial score (nSPS) is 21.7. The number of ketones is 1. The van der Waals surface area contributed by atoms with E-state index in [9.17, 15) is 9.59 Å². The summed E-state index contributed by atoms with van der Waals surface area (Å²) < 4.78 is 5.40. The first-order valence-corrected chi connectivity index (χ1v) is 9.90. The Bertz CT molecular complexity index is 641. The third-order valence-corrected chi connectivity index (χ3v) is 5.40. The fraction of sp³-hybridized carbons (Fsp3) is 0.750. The highest BCUT2D eigenvalue weighted by Crippen LogP contribution is 2.25. The van der Waals surface area contributed by atoms with Crippen molar-refractivity contribution in [2.45, 2.75) is 77.2 Å². The van der Waals surface area contributed by atoms with Gasteiger partial charge in [0.15, 0.2) is 5.78 Å². The first kappa shape index (κ1) is 18.9. The molecule has 0 N–H and O–H groups in total. The molecule has 0 aromatic carbocycles. The summed E-state index contributed by atoms with van der Waals surface area (Å²) in [7, 11) is 0. The fourth-order valence-electron chi connectivity index (χ4n) is 3.81. The number of carbonyl (C=O) groups is 2. The van der Waals surface area contributed by atoms with Crippen molar-refractivity contribution in [3.05, 3.63) is 17.5 Å². The summed E-state index contributed by atoms with van der Waals surface area (Å²) in [6.07, 6.45) is 6.26. The van der Waals surface area contributed by atoms with Gasteiger partial charge in [0.2, 0.25) is 0 Å². The maximum Gasteiger partial charge on any atom is 0.320 e. The Balaban J connectivity index is 1.67. The number of nitrogens with zero attached hydrogens (tertiary/aromatic N) is 3. The smallest absolute Gasteiger partial charge is 0.320 e. The minimum absolute atomic E-state index is 0.0401. The molecule has 0 unspecified atom stereocenters. The van der Waals surface area contributed by atoms with E-state index in [1.54, 1.807) is 0 Å². The van der Waals surface area contributed by atoms with E-state index in [-0.39, 0.29) is 29.7 Å². The molecule has 144 valence electrons. The number of piperidine rings is 2. The van der Waals surface area contributed by atoms with Gasteiger partial charge in [-0.1, -0.05) is 25.9 Å². The van der Waals surface area contributed by atoms with Crippen LogP contribution in [0.5, 0.6) is 0 Å². The van der Waals surface area contributed by atoms with Gasteiger partial charge < -0.3 is 14.3 Å². The molecule has 3 rings (SSSR count). The van der Waals surface area contributed by atoms with Crippen LogP contribution in [0.15, 0.2) is 10.6 Å². The van der Waals surface area contributed by atoms with Crippen LogP contribution in [0.3, 0.4) is 0 Å². The predicted molar refractivity (Wildman–Crippen MR) is 99.1 cm³/mol. The van der Waals surface area contributed by atoms with Gasteiger partial charge in [0.1, 0.15) is 5.76 Å². The summed E-state index contributed by atoms with van der Waals surface area (Å²) in [5, 5.41) is 4.07. The number of carbonyl (C=O) groups excluding carboxylic acids is 2. The molecule has 2 aliphatic heterocycles. The van der Waals surface area contributed by atoms with Gasteiger partial charge in [-0.3, -0.25) is 4.79 Å². The van der Waals surface area contributed by atoms with E-state index in [0.717, 1.165) is 51.0 Å². The van der Waals surface area contributed by atoms with Gasteiger partial charge in [-0.05, 0) is 38.5 Å². The highest BCUT2D eigenvalue weighted by molar-refractivity contribution is 5.90. The zero-order valence-corrected chi connectivity index (χ0v) is 16.3. The maximum absolute atomic E-state index is 12.9. The van der Waals surface area contributed by atoms with Crippen LogP contribution in [0.1, 0.15) is 70.8 Å². The van der Waals surface area contributed by atoms with Crippen molar-refractivity contribution in [3.8, 4) is 0 Å². The van der Waals surface area contributed by atoms with E-state index in [1.165, 1.54) is 6.42 Å². The summed E-state index contributed by atoms with van der Waals surface area (Å²) in [6, 6.07) is 1.59. The van der Waals surface area contributed by atoms with Crippen LogP contribution >= 0.6 is 0 Å². The van der Waals surface area contributed by atoms with E-state index in [4.69, 9.17) is 4.52 Å². The van der Waals surface area contributed by atoms with Crippen LogP contribution < -0.4 is 0 Å². The summed E-state index contributed by atoms with van der Waals surface area (Å²) in [5.74, 6) is 0.856. The standard InChI is InChI=1S/C20H31N3O3/c1-20(2,3)18-14-15(21-26-18)13-17(24)16-9-5-8-12-23(16)19(25)22-10-6-4-7-11-22/h14,16H,4-13H2,1-3H3/t16-/m0/s1. The number of likely N-dealkylation sites (tertiary alicyclic amines) is 2. The van der Waals surface area contributed by atoms with Crippen molar-refractivity contribution < 1.29 is 14.1 Å². The maximum atomic E-state index is 12.9. The lowest BCUT2D eigenvalue weighted by Gasteiger charge is -2.39. The zero-order valence-electron chi connectivity index (χ0n) is 16.3. The average Bonchev–Trinajstić information content (AvgIpc) is 3.11. The number of urea groups is 1. The number of Topliss-reactive ketones (excluding diaryl/α,β-unsaturated/α-hetero) is 1. The SMILES string of the molecule is CC(C)(C)c1cc(CC(=O)[C@@H]2CCCCN2C(=O)N2CCCCC2)no1. The molecule has 6 heteroatoms. The molecule has 0 spiro atoms. The highest BCUT2D eigenvalue weighted by Gasteiger charge is 2.35. The van der Waals surface area contributed by atoms with E-state index in [2.05, 4.69) is 25.9 Å². The predicted octanol–water partition coefficient (Wildman–Crippen LogP) is 3.54. The number of hydrogen-bond acceptors (Lipinski definition) is 4. The quantitative estimate of drug-likeness (QED) is 0.826. The van der Waals surface area contributed by atoms with Crippen LogP contribution in [-0.4, -0.2) is 52.4 Å². The summed E-state index contributed by atoms with van der Waals surface area (Å²) in [5.41, 5.74) is 0.533. The lowest BCUT2D eigenvalue weighted by molar-refractivity contribution is -0.124. The molecule has 0 radical (unpaired) electrons. The molecule has 26 heavy (non-hydrogen) atoms. The summed E-state index contributed by atoms with van der Waals surface area (Å²) in [6.45, 7) is 8.47. The molecule has 2 aliphatic rings. The topological polar surface area (TPSA) is 66.7 Å². The Hall–Kier alpha value is -1.85. The number of rotatable bonds is 3. The Morgan fingerprint density at radius 1 is 1.12 bits per heavy atom. The molecule has 2 saturated heterocycles. The van der Waals surface area contributed by atoms with E-state index in [1.807, 2.05) is 15.9 Å². The first-order chi connectivity index (χ1) is 12.4. The molecule has 3 heterocycles. The number of amides is 2. The Morgan fingerprint density at radius 2 is 1.81 bits per heavy atom. The molecule has 1 aromatic rings. The van der Waals surface area contributed by atoms with Crippen LogP contribution in [0.2, 0.25) is 0 Å². The Kier molecular flexibility index (Phi) is 5.68. The molecule has 0 aliphatic carbocycles. The second kappa shape index (κ2) is 7.80. The molecule has 0 saturated carbocycles. The molecule has 2 amide bonds. The van der Waals surface area contributed by atoms with Crippen molar-refractivity contribution in [2.24, 2.45) is 0 Å². The monoisotopic (exact) mass is 361 g/mol. The minimum Gasteiger partial charge on any atom is -0.361 e. The highest BCUT2D eigenvalue weighted by atomic mass is 16.5. The van der Waals surface area contributed by atoms with E-state index < -0.39 is 0 Å². The van der Waals surface area contributed by atoms with Crippen LogP contribution in [0.25, 0.3) is 0 Å². The van der Waals surface area contributed by atoms with Crippen molar-refractivity contribution in [3.63, 3.8) is 0 Å². The third kappa shape index (κ3) is 4.27. The van der Waals surface area contributed by atoms with Crippen LogP contribution in [-0.2, 0) is 16.6 Å². The third-order valence-electron chi connectivity index (χ3n) is 5.40. The summed E-state index contributed by atoms with van der Waals surface area (Å²) in [4.78, 5) is 29.6. The second-order valence-electron chi connectivity index (χ2n) is 8.61. The minimum atomic E-state index is -0.326. The second-order valence-corrected chi connectivity index (χ2v) is 8.61. The van der Waals surface area contributed by atoms with Crippen molar-refractivity contribution in [1.82, 2.24) is 15.0 Å². The lowest BCUT2D eigenvalue weighted by atomic mass is 9.92. The van der Waals surface area contributed by atoms with Gasteiger partial charge in [-0.2, -0.15) is 0 Å². The van der Waals surface area contributed by atoms with Gasteiger partial charge in [0.25, 0.3) is 0 Å². The van der Waals surface area contributed by atoms with Gasteiger partial charge in [0.05, 0.1) is 18.2 Å². The van der Waals surface area contributed by atoms with E-state index in [0.29, 0.717) is 12.2 Å². The van der Waals surface area contributed by atoms with Crippen molar-refractivity contribution in [1.29, 1.82) is 0 Å². The fourth-order valence-corrected chi connectivity index (χ4v) is 3.81. The van der Waals surface area contributed by atoms with Gasteiger partial charge in [0, 0.05) is 31.1 Å². The largest absolute Gasteiger partial charge is 0.361 e. The van der Waals surface area contributed by atoms with Crippen LogP contribution in [0, 0.1) is 0 Å². The number of hydrogen-bond donors (Lipinski definition) is 0. The molecule has 6 nitrogen and oxygen atoms in total. The molecule has 1 aromatic heterocycles. The molecule has 0 bridgehead atoms.